The summed E-state index contributed by atoms with van der Waals surface area (Å²) in [6, 6.07) is 0. The van der Waals surface area contributed by atoms with Gasteiger partial charge in [-0.05, 0) is 54.9 Å². The van der Waals surface area contributed by atoms with Crippen LogP contribution in [0.25, 0.3) is 0 Å². The van der Waals surface area contributed by atoms with Crippen LogP contribution in [0.1, 0.15) is 66.7 Å². The van der Waals surface area contributed by atoms with Gasteiger partial charge in [-0.25, -0.2) is 0 Å². The minimum Gasteiger partial charge on any atom is -0.385 e. The van der Waals surface area contributed by atoms with Crippen molar-refractivity contribution in [3.8, 4) is 0 Å². The highest BCUT2D eigenvalue weighted by Gasteiger charge is 2.55. The van der Waals surface area contributed by atoms with E-state index in [1.807, 2.05) is 6.92 Å². The van der Waals surface area contributed by atoms with Crippen LogP contribution in [0.15, 0.2) is 11.6 Å². The maximum Gasteiger partial charge on any atom is 0.186 e. The Morgan fingerprint density at radius 3 is 2.43 bits per heavy atom. The Kier molecular flexibility index (Phi) is 5.50. The minimum absolute atomic E-state index is 0.173. The Labute approximate surface area is 140 Å². The third-order valence-corrected chi connectivity index (χ3v) is 6.24. The summed E-state index contributed by atoms with van der Waals surface area (Å²) in [6.45, 7) is 10.4. The van der Waals surface area contributed by atoms with E-state index in [0.29, 0.717) is 29.7 Å². The van der Waals surface area contributed by atoms with E-state index in [1.54, 1.807) is 6.92 Å². The number of aliphatic hydroxyl groups is 1. The fourth-order valence-electron chi connectivity index (χ4n) is 4.10. The van der Waals surface area contributed by atoms with Crippen molar-refractivity contribution >= 4 is 11.6 Å². The molecular formula is C20H32O3. The van der Waals surface area contributed by atoms with Crippen LogP contribution in [0.5, 0.6) is 0 Å². The molecule has 0 spiro atoms. The zero-order chi connectivity index (χ0) is 17.4. The van der Waals surface area contributed by atoms with Crippen LogP contribution in [0.3, 0.4) is 0 Å². The van der Waals surface area contributed by atoms with Crippen LogP contribution in [0.4, 0.5) is 0 Å². The molecule has 1 saturated carbocycles. The number of aliphatic hydroxyl groups excluding tert-OH is 1. The molecule has 0 aromatic heterocycles. The highest BCUT2D eigenvalue weighted by molar-refractivity contribution is 5.98. The van der Waals surface area contributed by atoms with Crippen LogP contribution in [-0.4, -0.2) is 22.8 Å². The van der Waals surface area contributed by atoms with Gasteiger partial charge < -0.3 is 5.11 Å². The molecule has 3 heteroatoms. The summed E-state index contributed by atoms with van der Waals surface area (Å²) in [7, 11) is 0. The highest BCUT2D eigenvalue weighted by atomic mass is 16.3. The van der Waals surface area contributed by atoms with Gasteiger partial charge in [0.1, 0.15) is 11.9 Å². The average molecular weight is 320 g/mol. The van der Waals surface area contributed by atoms with Crippen molar-refractivity contribution in [3.63, 3.8) is 0 Å². The Balaban J connectivity index is 2.18. The Bertz CT molecular complexity index is 503. The van der Waals surface area contributed by atoms with Crippen molar-refractivity contribution in [2.24, 2.45) is 29.1 Å². The number of carbonyl (C=O) groups is 2. The lowest BCUT2D eigenvalue weighted by Crippen LogP contribution is -2.27. The fourth-order valence-corrected chi connectivity index (χ4v) is 4.10. The molecule has 2 aliphatic carbocycles. The monoisotopic (exact) mass is 320 g/mol. The Morgan fingerprint density at radius 2 is 1.78 bits per heavy atom. The number of rotatable bonds is 0. The first-order chi connectivity index (χ1) is 10.6. The summed E-state index contributed by atoms with van der Waals surface area (Å²) in [6.07, 6.45) is 5.05. The Morgan fingerprint density at radius 1 is 1.13 bits per heavy atom. The van der Waals surface area contributed by atoms with E-state index in [1.165, 1.54) is 0 Å². The van der Waals surface area contributed by atoms with Crippen LogP contribution in [-0.2, 0) is 9.59 Å². The van der Waals surface area contributed by atoms with E-state index >= 15 is 0 Å². The first kappa shape index (κ1) is 18.4. The van der Waals surface area contributed by atoms with Gasteiger partial charge in [-0.2, -0.15) is 0 Å². The molecule has 0 aromatic carbocycles. The third-order valence-electron chi connectivity index (χ3n) is 6.24. The number of hydrogen-bond donors (Lipinski definition) is 1. The van der Waals surface area contributed by atoms with Crippen LogP contribution in [0, 0.1) is 29.1 Å². The molecule has 1 fully saturated rings. The molecular weight excluding hydrogens is 288 g/mol. The summed E-state index contributed by atoms with van der Waals surface area (Å²) in [5, 5.41) is 10.2. The lowest BCUT2D eigenvalue weighted by molar-refractivity contribution is -0.127. The highest BCUT2D eigenvalue weighted by Crippen LogP contribution is 2.61. The van der Waals surface area contributed by atoms with E-state index < -0.39 is 6.10 Å². The maximum absolute atomic E-state index is 12.4. The lowest BCUT2D eigenvalue weighted by Gasteiger charge is -2.17. The average Bonchev–Trinajstić information content (AvgIpc) is 3.00. The van der Waals surface area contributed by atoms with Crippen molar-refractivity contribution in [1.82, 2.24) is 0 Å². The molecule has 2 aliphatic rings. The van der Waals surface area contributed by atoms with Crippen LogP contribution >= 0.6 is 0 Å². The molecule has 2 rings (SSSR count). The molecule has 0 amide bonds. The van der Waals surface area contributed by atoms with Crippen LogP contribution < -0.4 is 0 Å². The SMILES string of the molecule is C/C1=C\[C@H]2[C@@H](CC[C@@H](C)CCC(=O)[C@@H](C)C[C@@H](O)C1=O)C2(C)C. The quantitative estimate of drug-likeness (QED) is 0.735. The van der Waals surface area contributed by atoms with Crippen molar-refractivity contribution < 1.29 is 14.7 Å². The van der Waals surface area contributed by atoms with E-state index in [2.05, 4.69) is 26.8 Å². The van der Waals surface area contributed by atoms with Gasteiger partial charge in [0.25, 0.3) is 0 Å². The standard InChI is InChI=1S/C20H32O3/c1-12-6-8-15-16(20(15,4)5)10-14(3)19(23)18(22)11-13(2)17(21)9-7-12/h10,12-13,15-16,18,22H,6-9,11H2,1-5H3/b14-10+/t12-,13+,15-,16+,18-/m1/s1. The molecule has 0 heterocycles. The van der Waals surface area contributed by atoms with Crippen molar-refractivity contribution in [1.29, 1.82) is 0 Å². The fraction of sp³-hybridized carbons (Fsp3) is 0.800. The summed E-state index contributed by atoms with van der Waals surface area (Å²) in [4.78, 5) is 24.6. The molecule has 5 atom stereocenters. The van der Waals surface area contributed by atoms with Gasteiger partial charge in [-0.3, -0.25) is 9.59 Å². The number of Topliss-reactive ketones (excluding diaryl/α,β-unsaturated/α-hetero) is 2. The molecule has 0 unspecified atom stereocenters. The number of ketones is 2. The van der Waals surface area contributed by atoms with E-state index in [4.69, 9.17) is 0 Å². The minimum atomic E-state index is -1.05. The normalized spacial score (nSPS) is 41.5. The van der Waals surface area contributed by atoms with Gasteiger partial charge in [0, 0.05) is 12.3 Å². The second-order valence-electron chi connectivity index (χ2n) is 8.51. The molecule has 1 N–H and O–H groups in total. The lowest BCUT2D eigenvalue weighted by atomic mass is 9.89. The smallest absolute Gasteiger partial charge is 0.186 e. The number of carbonyl (C=O) groups excluding carboxylic acids is 2. The van der Waals surface area contributed by atoms with Gasteiger partial charge >= 0.3 is 0 Å². The second kappa shape index (κ2) is 6.88. The molecule has 0 saturated heterocycles. The second-order valence-corrected chi connectivity index (χ2v) is 8.51. The third kappa shape index (κ3) is 4.12. The van der Waals surface area contributed by atoms with E-state index in [9.17, 15) is 14.7 Å². The summed E-state index contributed by atoms with van der Waals surface area (Å²) < 4.78 is 0. The number of fused-ring (bicyclic) bond motifs is 1. The maximum atomic E-state index is 12.4. The molecule has 0 bridgehead atoms. The number of hydrogen-bond acceptors (Lipinski definition) is 3. The molecule has 0 aliphatic heterocycles. The Hall–Kier alpha value is -0.960. The van der Waals surface area contributed by atoms with Crippen molar-refractivity contribution in [2.45, 2.75) is 72.8 Å². The summed E-state index contributed by atoms with van der Waals surface area (Å²) in [5.41, 5.74) is 0.901. The van der Waals surface area contributed by atoms with E-state index in [-0.39, 0.29) is 29.3 Å². The zero-order valence-corrected chi connectivity index (χ0v) is 15.3. The topological polar surface area (TPSA) is 54.4 Å². The van der Waals surface area contributed by atoms with E-state index in [0.717, 1.165) is 19.3 Å². The van der Waals surface area contributed by atoms with Gasteiger partial charge in [0.05, 0.1) is 0 Å². The largest absolute Gasteiger partial charge is 0.385 e. The van der Waals surface area contributed by atoms with Gasteiger partial charge in [0.2, 0.25) is 0 Å². The molecule has 0 radical (unpaired) electrons. The molecule has 3 nitrogen and oxygen atoms in total. The zero-order valence-electron chi connectivity index (χ0n) is 15.3. The first-order valence-corrected chi connectivity index (χ1v) is 9.08. The molecule has 130 valence electrons. The molecule has 23 heavy (non-hydrogen) atoms. The number of allylic oxidation sites excluding steroid dienone is 1. The van der Waals surface area contributed by atoms with Gasteiger partial charge in [-0.1, -0.05) is 40.2 Å². The van der Waals surface area contributed by atoms with Crippen molar-refractivity contribution in [3.05, 3.63) is 11.6 Å². The summed E-state index contributed by atoms with van der Waals surface area (Å²) in [5.74, 6) is 1.32. The predicted octanol–water partition coefficient (Wildman–Crippen LogP) is 3.94. The van der Waals surface area contributed by atoms with Crippen molar-refractivity contribution in [2.75, 3.05) is 0 Å². The predicted molar refractivity (Wildman–Crippen MR) is 92.0 cm³/mol. The van der Waals surface area contributed by atoms with Crippen LogP contribution in [0.2, 0.25) is 0 Å². The first-order valence-electron chi connectivity index (χ1n) is 9.08. The van der Waals surface area contributed by atoms with Gasteiger partial charge in [-0.15, -0.1) is 0 Å². The molecule has 0 aromatic rings. The van der Waals surface area contributed by atoms with Gasteiger partial charge in [0.15, 0.2) is 5.78 Å². The summed E-state index contributed by atoms with van der Waals surface area (Å²) >= 11 is 0.